The number of benzene rings is 2. The van der Waals surface area contributed by atoms with Gasteiger partial charge in [-0.05, 0) is 50.6 Å². The predicted molar refractivity (Wildman–Crippen MR) is 136 cm³/mol. The van der Waals surface area contributed by atoms with Gasteiger partial charge in [-0.15, -0.1) is 0 Å². The van der Waals surface area contributed by atoms with Crippen LogP contribution in [0.1, 0.15) is 39.9 Å². The minimum Gasteiger partial charge on any atom is -0.462 e. The zero-order valence-electron chi connectivity index (χ0n) is 20.5. The molecule has 0 spiro atoms. The van der Waals surface area contributed by atoms with Crippen LogP contribution in [0.25, 0.3) is 0 Å². The van der Waals surface area contributed by atoms with Crippen LogP contribution in [0.15, 0.2) is 54.6 Å². The van der Waals surface area contributed by atoms with Crippen molar-refractivity contribution in [3.63, 3.8) is 0 Å². The lowest BCUT2D eigenvalue weighted by atomic mass is 10.0. The summed E-state index contributed by atoms with van der Waals surface area (Å²) in [7, 11) is 0. The van der Waals surface area contributed by atoms with Crippen LogP contribution in [0, 0.1) is 13.8 Å². The molecule has 0 saturated carbocycles. The number of aryl methyl sites for hydroxylation is 2. The van der Waals surface area contributed by atoms with Gasteiger partial charge in [-0.3, -0.25) is 0 Å². The molecule has 8 heteroatoms. The molecule has 0 atom stereocenters. The van der Waals surface area contributed by atoms with Crippen molar-refractivity contribution in [1.82, 2.24) is 14.9 Å². The molecule has 2 heterocycles. The quantitative estimate of drug-likeness (QED) is 0.540. The molecule has 2 amide bonds. The average Bonchev–Trinajstić information content (AvgIpc) is 2.87. The molecule has 0 radical (unpaired) electrons. The Morgan fingerprint density at radius 3 is 2.29 bits per heavy atom. The lowest BCUT2D eigenvalue weighted by molar-refractivity contribution is 0.0526. The Balaban J connectivity index is 1.40. The number of ether oxygens (including phenoxy) is 1. The van der Waals surface area contributed by atoms with E-state index in [0.717, 1.165) is 29.3 Å². The van der Waals surface area contributed by atoms with Crippen LogP contribution in [0.4, 0.5) is 16.3 Å². The Morgan fingerprint density at radius 1 is 0.943 bits per heavy atom. The van der Waals surface area contributed by atoms with E-state index in [-0.39, 0.29) is 12.0 Å². The number of carbonyl (C=O) groups excluding carboxylic acids is 2. The van der Waals surface area contributed by atoms with Crippen molar-refractivity contribution in [3.8, 4) is 0 Å². The van der Waals surface area contributed by atoms with Gasteiger partial charge in [0.15, 0.2) is 0 Å². The van der Waals surface area contributed by atoms with Crippen LogP contribution >= 0.6 is 0 Å². The van der Waals surface area contributed by atoms with Gasteiger partial charge in [-0.25, -0.2) is 19.6 Å². The van der Waals surface area contributed by atoms with Crippen molar-refractivity contribution in [1.29, 1.82) is 0 Å². The molecule has 0 aliphatic carbocycles. The molecule has 35 heavy (non-hydrogen) atoms. The highest BCUT2D eigenvalue weighted by molar-refractivity contribution is 5.92. The summed E-state index contributed by atoms with van der Waals surface area (Å²) in [5.74, 6) is 1.33. The Labute approximate surface area is 205 Å². The van der Waals surface area contributed by atoms with Gasteiger partial charge in [-0.1, -0.05) is 30.3 Å². The van der Waals surface area contributed by atoms with Crippen molar-refractivity contribution in [2.45, 2.75) is 27.2 Å². The third-order valence-electron chi connectivity index (χ3n) is 6.04. The predicted octanol–water partition coefficient (Wildman–Crippen LogP) is 4.22. The summed E-state index contributed by atoms with van der Waals surface area (Å²) in [6.07, 6.45) is 0.769. The van der Waals surface area contributed by atoms with E-state index in [1.54, 1.807) is 36.1 Å². The van der Waals surface area contributed by atoms with Gasteiger partial charge >= 0.3 is 12.0 Å². The Morgan fingerprint density at radius 2 is 1.63 bits per heavy atom. The van der Waals surface area contributed by atoms with Crippen LogP contribution in [-0.2, 0) is 11.2 Å². The number of anilines is 2. The van der Waals surface area contributed by atoms with Crippen LogP contribution in [0.5, 0.6) is 0 Å². The highest BCUT2D eigenvalue weighted by atomic mass is 16.5. The number of piperazine rings is 1. The zero-order chi connectivity index (χ0) is 24.8. The summed E-state index contributed by atoms with van der Waals surface area (Å²) in [4.78, 5) is 38.1. The van der Waals surface area contributed by atoms with E-state index in [9.17, 15) is 9.59 Å². The van der Waals surface area contributed by atoms with Gasteiger partial charge < -0.3 is 19.9 Å². The van der Waals surface area contributed by atoms with Gasteiger partial charge in [0.25, 0.3) is 0 Å². The fourth-order valence-electron chi connectivity index (χ4n) is 4.21. The van der Waals surface area contributed by atoms with Crippen molar-refractivity contribution < 1.29 is 14.3 Å². The fraction of sp³-hybridized carbons (Fsp3) is 0.333. The fourth-order valence-corrected chi connectivity index (χ4v) is 4.21. The van der Waals surface area contributed by atoms with E-state index in [2.05, 4.69) is 27.3 Å². The molecule has 1 N–H and O–H groups in total. The molecular formula is C27H31N5O3. The van der Waals surface area contributed by atoms with Crippen molar-refractivity contribution >= 4 is 23.5 Å². The number of aromatic nitrogens is 2. The summed E-state index contributed by atoms with van der Waals surface area (Å²) in [6, 6.07) is 16.9. The minimum absolute atomic E-state index is 0.159. The minimum atomic E-state index is -0.372. The Bertz CT molecular complexity index is 1170. The summed E-state index contributed by atoms with van der Waals surface area (Å²) in [5.41, 5.74) is 4.43. The molecule has 182 valence electrons. The largest absolute Gasteiger partial charge is 0.462 e. The zero-order valence-corrected chi connectivity index (χ0v) is 20.5. The van der Waals surface area contributed by atoms with Crippen LogP contribution in [0.2, 0.25) is 0 Å². The van der Waals surface area contributed by atoms with E-state index in [0.29, 0.717) is 44.0 Å². The first-order chi connectivity index (χ1) is 16.9. The number of nitrogens with one attached hydrogen (secondary N) is 1. The Kier molecular flexibility index (Phi) is 7.60. The number of urea groups is 1. The van der Waals surface area contributed by atoms with E-state index in [1.165, 1.54) is 5.56 Å². The first-order valence-corrected chi connectivity index (χ1v) is 11.9. The second-order valence-electron chi connectivity index (χ2n) is 8.52. The molecule has 1 fully saturated rings. The molecule has 1 aliphatic heterocycles. The topological polar surface area (TPSA) is 87.7 Å². The summed E-state index contributed by atoms with van der Waals surface area (Å²) in [5, 5.41) is 2.92. The van der Waals surface area contributed by atoms with Crippen LogP contribution < -0.4 is 10.2 Å². The number of hydrogen-bond acceptors (Lipinski definition) is 6. The maximum atomic E-state index is 12.8. The number of rotatable bonds is 6. The lowest BCUT2D eigenvalue weighted by Gasteiger charge is -2.36. The first kappa shape index (κ1) is 24.2. The molecule has 4 rings (SSSR count). The number of carbonyl (C=O) groups is 2. The number of hydrogen-bond donors (Lipinski definition) is 1. The summed E-state index contributed by atoms with van der Waals surface area (Å²) < 4.78 is 5.00. The molecule has 8 nitrogen and oxygen atoms in total. The monoisotopic (exact) mass is 473 g/mol. The van der Waals surface area contributed by atoms with Gasteiger partial charge in [0, 0.05) is 49.5 Å². The van der Waals surface area contributed by atoms with Crippen molar-refractivity contribution in [2.75, 3.05) is 43.0 Å². The van der Waals surface area contributed by atoms with E-state index in [4.69, 9.17) is 9.72 Å². The van der Waals surface area contributed by atoms with Gasteiger partial charge in [0.2, 0.25) is 0 Å². The highest BCUT2D eigenvalue weighted by Crippen LogP contribution is 2.25. The van der Waals surface area contributed by atoms with Gasteiger partial charge in [-0.2, -0.15) is 0 Å². The lowest BCUT2D eigenvalue weighted by Crippen LogP contribution is -2.50. The van der Waals surface area contributed by atoms with Crippen LogP contribution in [0.3, 0.4) is 0 Å². The summed E-state index contributed by atoms with van der Waals surface area (Å²) in [6.45, 7) is 8.58. The van der Waals surface area contributed by atoms with Crippen molar-refractivity contribution in [2.24, 2.45) is 0 Å². The van der Waals surface area contributed by atoms with Gasteiger partial charge in [0.05, 0.1) is 12.2 Å². The molecular weight excluding hydrogens is 442 g/mol. The second kappa shape index (κ2) is 11.0. The van der Waals surface area contributed by atoms with E-state index >= 15 is 0 Å². The Hall–Kier alpha value is -3.94. The molecule has 0 unspecified atom stereocenters. The SMILES string of the molecule is CCOC(=O)c1ccc(NC(=O)N2CCN(c3nc(C)nc(C)c3Cc3ccccc3)CC2)cc1. The molecule has 1 saturated heterocycles. The third kappa shape index (κ3) is 5.95. The van der Waals surface area contributed by atoms with Crippen molar-refractivity contribution in [3.05, 3.63) is 82.8 Å². The maximum absolute atomic E-state index is 12.8. The second-order valence-corrected chi connectivity index (χ2v) is 8.52. The third-order valence-corrected chi connectivity index (χ3v) is 6.04. The average molecular weight is 474 g/mol. The number of amides is 2. The molecule has 1 aromatic heterocycles. The normalized spacial score (nSPS) is 13.5. The molecule has 1 aliphatic rings. The van der Waals surface area contributed by atoms with Crippen LogP contribution in [-0.4, -0.2) is 59.7 Å². The molecule has 0 bridgehead atoms. The van der Waals surface area contributed by atoms with E-state index < -0.39 is 0 Å². The summed E-state index contributed by atoms with van der Waals surface area (Å²) >= 11 is 0. The van der Waals surface area contributed by atoms with Gasteiger partial charge in [0.1, 0.15) is 11.6 Å². The number of esters is 1. The standard InChI is InChI=1S/C27H31N5O3/c1-4-35-26(33)22-10-12-23(13-11-22)30-27(34)32-16-14-31(15-17-32)25-24(19(2)28-20(3)29-25)18-21-8-6-5-7-9-21/h5-13H,4,14-18H2,1-3H3,(H,30,34). The van der Waals surface area contributed by atoms with E-state index in [1.807, 2.05) is 32.0 Å². The number of nitrogens with zero attached hydrogens (tertiary/aromatic N) is 4. The maximum Gasteiger partial charge on any atom is 0.338 e. The molecule has 3 aromatic rings. The first-order valence-electron chi connectivity index (χ1n) is 11.9. The smallest absolute Gasteiger partial charge is 0.338 e. The molecule has 2 aromatic carbocycles. The highest BCUT2D eigenvalue weighted by Gasteiger charge is 2.25.